The van der Waals surface area contributed by atoms with Gasteiger partial charge in [0.05, 0.1) is 10.9 Å². The molecule has 1 N–H and O–H groups in total. The van der Waals surface area contributed by atoms with E-state index in [2.05, 4.69) is 10.2 Å². The van der Waals surface area contributed by atoms with Gasteiger partial charge in [-0.25, -0.2) is 13.2 Å². The van der Waals surface area contributed by atoms with Crippen LogP contribution in [0.4, 0.5) is 10.5 Å². The van der Waals surface area contributed by atoms with Crippen molar-refractivity contribution in [3.05, 3.63) is 24.3 Å². The molecular weight excluding hydrogens is 406 g/mol. The summed E-state index contributed by atoms with van der Waals surface area (Å²) in [6, 6.07) is 6.31. The minimum absolute atomic E-state index is 0.0691. The van der Waals surface area contributed by atoms with Crippen molar-refractivity contribution in [3.63, 3.8) is 0 Å². The first kappa shape index (κ1) is 22.6. The van der Waals surface area contributed by atoms with E-state index in [9.17, 15) is 18.0 Å². The van der Waals surface area contributed by atoms with Gasteiger partial charge in [0.25, 0.3) is 0 Å². The van der Waals surface area contributed by atoms with Gasteiger partial charge < -0.3 is 15.0 Å². The molecule has 2 saturated heterocycles. The van der Waals surface area contributed by atoms with Crippen LogP contribution in [0.5, 0.6) is 0 Å². The number of rotatable bonds is 5. The molecule has 2 heterocycles. The summed E-state index contributed by atoms with van der Waals surface area (Å²) < 4.78 is 27.4. The van der Waals surface area contributed by atoms with Crippen molar-refractivity contribution in [3.8, 4) is 0 Å². The molecule has 0 radical (unpaired) electrons. The van der Waals surface area contributed by atoms with Crippen LogP contribution < -0.4 is 10.2 Å². The Balaban J connectivity index is 1.48. The van der Waals surface area contributed by atoms with Gasteiger partial charge >= 0.3 is 6.09 Å². The van der Waals surface area contributed by atoms with Crippen LogP contribution in [0.25, 0.3) is 0 Å². The van der Waals surface area contributed by atoms with Crippen molar-refractivity contribution >= 4 is 28.4 Å². The predicted octanol–water partition coefficient (Wildman–Crippen LogP) is 2.00. The molecule has 166 valence electrons. The van der Waals surface area contributed by atoms with E-state index in [1.165, 1.54) is 12.1 Å². The molecule has 0 saturated carbocycles. The number of carbonyl (C=O) groups excluding carboxylic acids is 2. The summed E-state index contributed by atoms with van der Waals surface area (Å²) in [5.74, 6) is 0.447. The second-order valence-corrected chi connectivity index (χ2v) is 9.96. The third-order valence-electron chi connectivity index (χ3n) is 5.57. The number of thiol groups is 1. The highest BCUT2D eigenvalue weighted by atomic mass is 32.2. The Morgan fingerprint density at radius 1 is 1.10 bits per heavy atom. The van der Waals surface area contributed by atoms with Gasteiger partial charge in [0.2, 0.25) is 5.91 Å². The maximum absolute atomic E-state index is 12.9. The number of amides is 2. The number of hydrogen-bond donors (Lipinski definition) is 2. The van der Waals surface area contributed by atoms with Crippen molar-refractivity contribution in [1.29, 1.82) is 0 Å². The maximum Gasteiger partial charge on any atom is 0.407 e. The smallest absolute Gasteiger partial charge is 0.407 e. The molecule has 9 heteroatoms. The molecule has 0 unspecified atom stereocenters. The molecule has 0 aliphatic carbocycles. The van der Waals surface area contributed by atoms with E-state index in [4.69, 9.17) is 4.74 Å². The Morgan fingerprint density at radius 3 is 2.30 bits per heavy atom. The summed E-state index contributed by atoms with van der Waals surface area (Å²) in [6.07, 6.45) is 2.21. The van der Waals surface area contributed by atoms with Gasteiger partial charge in [-0.3, -0.25) is 9.69 Å². The molecule has 2 aliphatic rings. The summed E-state index contributed by atoms with van der Waals surface area (Å²) in [5.41, 5.74) is 0.231. The van der Waals surface area contributed by atoms with Gasteiger partial charge in [0.1, 0.15) is 5.60 Å². The Morgan fingerprint density at radius 2 is 1.73 bits per heavy atom. The Kier molecular flexibility index (Phi) is 7.02. The molecule has 0 bridgehead atoms. The molecule has 0 spiro atoms. The standard InChI is InChI=1S/C21H31N3O5S/c1-21(2,3)29-20(26)22-14-15-8-11-23(12-9-15)18-10-13-24(19(18)25)16-4-6-17(7-5-16)30(27)28/h4-7,15,18,30H,8-14H2,1-3H3,(H,22,26)/t18-/m0/s1. The van der Waals surface area contributed by atoms with Crippen LogP contribution in [-0.2, 0) is 20.2 Å². The highest BCUT2D eigenvalue weighted by Gasteiger charge is 2.38. The SMILES string of the molecule is CC(C)(C)OC(=O)NCC1CCN([C@H]2CCN(c3ccc([SH](=O)=O)cc3)C2=O)CC1. The van der Waals surface area contributed by atoms with Gasteiger partial charge in [-0.05, 0) is 83.3 Å². The minimum atomic E-state index is -2.62. The molecule has 2 aliphatic heterocycles. The summed E-state index contributed by atoms with van der Waals surface area (Å²) in [7, 11) is -2.62. The summed E-state index contributed by atoms with van der Waals surface area (Å²) in [5, 5.41) is 2.85. The molecule has 3 rings (SSSR count). The first-order valence-electron chi connectivity index (χ1n) is 10.4. The lowest BCUT2D eigenvalue weighted by molar-refractivity contribution is -0.122. The van der Waals surface area contributed by atoms with Gasteiger partial charge in [-0.15, -0.1) is 0 Å². The average molecular weight is 438 g/mol. The van der Waals surface area contributed by atoms with Crippen LogP contribution in [-0.4, -0.2) is 63.1 Å². The van der Waals surface area contributed by atoms with Crippen LogP contribution in [0, 0.1) is 5.92 Å². The quantitative estimate of drug-likeness (QED) is 0.684. The lowest BCUT2D eigenvalue weighted by Crippen LogP contribution is -2.47. The zero-order valence-electron chi connectivity index (χ0n) is 17.8. The van der Waals surface area contributed by atoms with Crippen LogP contribution in [0.2, 0.25) is 0 Å². The molecule has 30 heavy (non-hydrogen) atoms. The number of hydrogen-bond acceptors (Lipinski definition) is 6. The number of anilines is 1. The zero-order valence-corrected chi connectivity index (χ0v) is 18.7. The van der Waals surface area contributed by atoms with Crippen molar-refractivity contribution in [1.82, 2.24) is 10.2 Å². The van der Waals surface area contributed by atoms with Crippen molar-refractivity contribution < 1.29 is 22.7 Å². The lowest BCUT2D eigenvalue weighted by Gasteiger charge is -2.35. The number of nitrogens with one attached hydrogen (secondary N) is 1. The van der Waals surface area contributed by atoms with E-state index in [1.54, 1.807) is 17.0 Å². The van der Waals surface area contributed by atoms with Gasteiger partial charge in [0, 0.05) is 18.8 Å². The molecular formula is C21H31N3O5S. The number of carbonyl (C=O) groups is 2. The number of benzene rings is 1. The molecule has 0 aromatic heterocycles. The number of alkyl carbamates (subject to hydrolysis) is 1. The topological polar surface area (TPSA) is 96.0 Å². The van der Waals surface area contributed by atoms with E-state index in [0.29, 0.717) is 19.0 Å². The third-order valence-corrected chi connectivity index (χ3v) is 6.29. The summed E-state index contributed by atoms with van der Waals surface area (Å²) in [4.78, 5) is 29.0. The average Bonchev–Trinajstić information content (AvgIpc) is 3.07. The van der Waals surface area contributed by atoms with Gasteiger partial charge in [-0.1, -0.05) is 0 Å². The van der Waals surface area contributed by atoms with Crippen molar-refractivity contribution in [2.45, 2.75) is 56.6 Å². The van der Waals surface area contributed by atoms with Gasteiger partial charge in [0.15, 0.2) is 10.7 Å². The largest absolute Gasteiger partial charge is 0.444 e. The molecule has 2 amide bonds. The normalized spacial score (nSPS) is 21.3. The third kappa shape index (κ3) is 5.72. The summed E-state index contributed by atoms with van der Waals surface area (Å²) >= 11 is 0. The predicted molar refractivity (Wildman–Crippen MR) is 114 cm³/mol. The first-order chi connectivity index (χ1) is 14.1. The van der Waals surface area contributed by atoms with Crippen LogP contribution in [0.15, 0.2) is 29.2 Å². The Hall–Kier alpha value is -2.13. The maximum atomic E-state index is 12.9. The molecule has 8 nitrogen and oxygen atoms in total. The van der Waals surface area contributed by atoms with E-state index < -0.39 is 16.3 Å². The Bertz CT molecular complexity index is 831. The monoisotopic (exact) mass is 437 g/mol. The number of ether oxygens (including phenoxy) is 1. The zero-order chi connectivity index (χ0) is 21.9. The first-order valence-corrected chi connectivity index (χ1v) is 11.6. The van der Waals surface area contributed by atoms with E-state index in [0.717, 1.165) is 38.0 Å². The van der Waals surface area contributed by atoms with E-state index in [1.807, 2.05) is 20.8 Å². The van der Waals surface area contributed by atoms with E-state index >= 15 is 0 Å². The van der Waals surface area contributed by atoms with Crippen LogP contribution >= 0.6 is 0 Å². The highest BCUT2D eigenvalue weighted by Crippen LogP contribution is 2.28. The molecule has 1 aromatic carbocycles. The second-order valence-electron chi connectivity index (χ2n) is 8.93. The fourth-order valence-electron chi connectivity index (χ4n) is 4.02. The fraction of sp³-hybridized carbons (Fsp3) is 0.619. The molecule has 1 aromatic rings. The van der Waals surface area contributed by atoms with Crippen molar-refractivity contribution in [2.24, 2.45) is 5.92 Å². The van der Waals surface area contributed by atoms with E-state index in [-0.39, 0.29) is 22.9 Å². The highest BCUT2D eigenvalue weighted by molar-refractivity contribution is 7.72. The lowest BCUT2D eigenvalue weighted by atomic mass is 9.95. The number of piperidine rings is 1. The summed E-state index contributed by atoms with van der Waals surface area (Å²) in [6.45, 7) is 8.38. The molecule has 1 atom stereocenters. The fourth-order valence-corrected chi connectivity index (χ4v) is 4.42. The second kappa shape index (κ2) is 9.34. The molecule has 2 fully saturated rings. The van der Waals surface area contributed by atoms with Crippen LogP contribution in [0.1, 0.15) is 40.0 Å². The number of likely N-dealkylation sites (tertiary alicyclic amines) is 1. The number of nitrogens with zero attached hydrogens (tertiary/aromatic N) is 2. The van der Waals surface area contributed by atoms with Gasteiger partial charge in [-0.2, -0.15) is 0 Å². The Labute approximate surface area is 179 Å². The van der Waals surface area contributed by atoms with Crippen molar-refractivity contribution in [2.75, 3.05) is 31.1 Å². The van der Waals surface area contributed by atoms with Crippen LogP contribution in [0.3, 0.4) is 0 Å². The minimum Gasteiger partial charge on any atom is -0.444 e.